The highest BCUT2D eigenvalue weighted by atomic mass is 32.1. The largest absolute Gasteiger partial charge is 0.391 e. The molecule has 0 aromatic heterocycles. The number of para-hydroxylation sites is 1. The van der Waals surface area contributed by atoms with Crippen LogP contribution in [0.25, 0.3) is 0 Å². The van der Waals surface area contributed by atoms with Gasteiger partial charge in [0.1, 0.15) is 0 Å². The van der Waals surface area contributed by atoms with Gasteiger partial charge >= 0.3 is 0 Å². The Balaban J connectivity index is 1.94. The molecule has 0 unspecified atom stereocenters. The predicted octanol–water partition coefficient (Wildman–Crippen LogP) is 7.20. The van der Waals surface area contributed by atoms with E-state index in [0.29, 0.717) is 5.11 Å². The molecule has 0 aliphatic heterocycles. The number of hydrogen-bond acceptors (Lipinski definition) is 2. The highest BCUT2D eigenvalue weighted by Crippen LogP contribution is 2.14. The minimum absolute atomic E-state index is 0.0453. The fourth-order valence-corrected chi connectivity index (χ4v) is 3.92. The van der Waals surface area contributed by atoms with Crippen molar-refractivity contribution in [3.8, 4) is 0 Å². The van der Waals surface area contributed by atoms with Crippen LogP contribution in [0.1, 0.15) is 104 Å². The number of unbranched alkanes of at least 4 members (excludes halogenated alkanes) is 12. The SMILES string of the molecule is CCCCCCCCCCCCCCC[C@@H](O)[C@H](C)NC(=S)Nc1ccccc1. The zero-order chi connectivity index (χ0) is 21.2. The molecule has 0 saturated carbocycles. The smallest absolute Gasteiger partial charge is 0.171 e. The lowest BCUT2D eigenvalue weighted by Crippen LogP contribution is -2.43. The molecule has 0 fully saturated rings. The number of aliphatic hydroxyl groups is 1. The minimum Gasteiger partial charge on any atom is -0.391 e. The number of rotatable bonds is 17. The molecular formula is C25H44N2OS. The number of hydrogen-bond donors (Lipinski definition) is 3. The van der Waals surface area contributed by atoms with Crippen LogP contribution in [0.2, 0.25) is 0 Å². The molecule has 3 N–H and O–H groups in total. The molecule has 0 amide bonds. The van der Waals surface area contributed by atoms with Crippen LogP contribution in [0.4, 0.5) is 5.69 Å². The van der Waals surface area contributed by atoms with Gasteiger partial charge < -0.3 is 15.7 Å². The molecule has 1 aromatic carbocycles. The molecule has 166 valence electrons. The number of benzene rings is 1. The number of nitrogens with one attached hydrogen (secondary N) is 2. The Hall–Kier alpha value is -1.13. The van der Waals surface area contributed by atoms with Crippen LogP contribution < -0.4 is 10.6 Å². The summed E-state index contributed by atoms with van der Waals surface area (Å²) >= 11 is 5.34. The molecule has 2 atom stereocenters. The van der Waals surface area contributed by atoms with Gasteiger partial charge in [-0.1, -0.05) is 109 Å². The molecule has 0 aliphatic rings. The van der Waals surface area contributed by atoms with Crippen LogP contribution in [-0.2, 0) is 0 Å². The maximum absolute atomic E-state index is 10.4. The van der Waals surface area contributed by atoms with Gasteiger partial charge in [0.2, 0.25) is 0 Å². The summed E-state index contributed by atoms with van der Waals surface area (Å²) in [6.07, 6.45) is 18.0. The third kappa shape index (κ3) is 14.5. The molecule has 1 rings (SSSR count). The summed E-state index contributed by atoms with van der Waals surface area (Å²) < 4.78 is 0. The first-order chi connectivity index (χ1) is 14.1. The fraction of sp³-hybridized carbons (Fsp3) is 0.720. The Labute approximate surface area is 185 Å². The lowest BCUT2D eigenvalue weighted by atomic mass is 10.0. The third-order valence-corrected chi connectivity index (χ3v) is 5.79. The van der Waals surface area contributed by atoms with Crippen molar-refractivity contribution in [2.24, 2.45) is 0 Å². The van der Waals surface area contributed by atoms with E-state index in [9.17, 15) is 5.11 Å². The fourth-order valence-electron chi connectivity index (χ4n) is 3.61. The number of thiocarbonyl (C=S) groups is 1. The Bertz CT molecular complexity index is 509. The van der Waals surface area contributed by atoms with E-state index in [1.54, 1.807) is 0 Å². The lowest BCUT2D eigenvalue weighted by molar-refractivity contribution is 0.130. The van der Waals surface area contributed by atoms with Crippen molar-refractivity contribution in [3.63, 3.8) is 0 Å². The van der Waals surface area contributed by atoms with Crippen molar-refractivity contribution in [1.82, 2.24) is 5.32 Å². The van der Waals surface area contributed by atoms with E-state index < -0.39 is 0 Å². The Morgan fingerprint density at radius 3 is 1.83 bits per heavy atom. The molecule has 0 radical (unpaired) electrons. The van der Waals surface area contributed by atoms with Gasteiger partial charge in [-0.3, -0.25) is 0 Å². The Morgan fingerprint density at radius 2 is 1.31 bits per heavy atom. The average molecular weight is 421 g/mol. The van der Waals surface area contributed by atoms with E-state index in [1.165, 1.54) is 77.0 Å². The highest BCUT2D eigenvalue weighted by molar-refractivity contribution is 7.80. The molecule has 0 spiro atoms. The van der Waals surface area contributed by atoms with Crippen molar-refractivity contribution >= 4 is 23.0 Å². The van der Waals surface area contributed by atoms with Crippen LogP contribution >= 0.6 is 12.2 Å². The standard InChI is InChI=1S/C25H44N2OS/c1-3-4-5-6-7-8-9-10-11-12-13-14-18-21-24(28)22(2)26-25(29)27-23-19-16-15-17-20-23/h15-17,19-20,22,24,28H,3-14,18,21H2,1-2H3,(H2,26,27,29)/t22-,24+/m0/s1. The lowest BCUT2D eigenvalue weighted by Gasteiger charge is -2.22. The molecule has 3 nitrogen and oxygen atoms in total. The van der Waals surface area contributed by atoms with Crippen LogP contribution in [-0.4, -0.2) is 22.4 Å². The van der Waals surface area contributed by atoms with Crippen molar-refractivity contribution in [1.29, 1.82) is 0 Å². The van der Waals surface area contributed by atoms with Gasteiger partial charge in [-0.15, -0.1) is 0 Å². The van der Waals surface area contributed by atoms with Gasteiger partial charge in [-0.05, 0) is 37.7 Å². The van der Waals surface area contributed by atoms with Crippen LogP contribution in [0.15, 0.2) is 30.3 Å². The van der Waals surface area contributed by atoms with Crippen LogP contribution in [0.3, 0.4) is 0 Å². The maximum atomic E-state index is 10.4. The van der Waals surface area contributed by atoms with E-state index in [2.05, 4.69) is 17.6 Å². The summed E-state index contributed by atoms with van der Waals surface area (Å²) in [7, 11) is 0. The second-order valence-corrected chi connectivity index (χ2v) is 8.76. The van der Waals surface area contributed by atoms with Gasteiger partial charge in [-0.25, -0.2) is 0 Å². The predicted molar refractivity (Wildman–Crippen MR) is 132 cm³/mol. The van der Waals surface area contributed by atoms with Crippen LogP contribution in [0.5, 0.6) is 0 Å². The van der Waals surface area contributed by atoms with Crippen molar-refractivity contribution in [2.45, 2.75) is 116 Å². The second kappa shape index (κ2) is 17.7. The van der Waals surface area contributed by atoms with E-state index in [-0.39, 0.29) is 12.1 Å². The van der Waals surface area contributed by atoms with Gasteiger partial charge in [0.05, 0.1) is 12.1 Å². The van der Waals surface area contributed by atoms with E-state index in [4.69, 9.17) is 12.2 Å². The average Bonchev–Trinajstić information content (AvgIpc) is 2.71. The van der Waals surface area contributed by atoms with Gasteiger partial charge in [0.25, 0.3) is 0 Å². The monoisotopic (exact) mass is 420 g/mol. The Kier molecular flexibility index (Phi) is 15.8. The summed E-state index contributed by atoms with van der Waals surface area (Å²) in [5, 5.41) is 17.3. The zero-order valence-electron chi connectivity index (χ0n) is 18.8. The molecular weight excluding hydrogens is 376 g/mol. The molecule has 29 heavy (non-hydrogen) atoms. The molecule has 0 saturated heterocycles. The van der Waals surface area contributed by atoms with Crippen LogP contribution in [0, 0.1) is 0 Å². The van der Waals surface area contributed by atoms with Gasteiger partial charge in [0, 0.05) is 5.69 Å². The number of aliphatic hydroxyl groups excluding tert-OH is 1. The minimum atomic E-state index is -0.363. The molecule has 4 heteroatoms. The third-order valence-electron chi connectivity index (χ3n) is 5.57. The van der Waals surface area contributed by atoms with E-state index >= 15 is 0 Å². The maximum Gasteiger partial charge on any atom is 0.171 e. The van der Waals surface area contributed by atoms with Gasteiger partial charge in [0.15, 0.2) is 5.11 Å². The molecule has 0 bridgehead atoms. The second-order valence-electron chi connectivity index (χ2n) is 8.35. The topological polar surface area (TPSA) is 44.3 Å². The van der Waals surface area contributed by atoms with Crippen molar-refractivity contribution < 1.29 is 5.11 Å². The Morgan fingerprint density at radius 1 is 0.828 bits per heavy atom. The van der Waals surface area contributed by atoms with Crippen molar-refractivity contribution in [3.05, 3.63) is 30.3 Å². The highest BCUT2D eigenvalue weighted by Gasteiger charge is 2.14. The summed E-state index contributed by atoms with van der Waals surface area (Å²) in [4.78, 5) is 0. The first kappa shape index (κ1) is 25.9. The van der Waals surface area contributed by atoms with Crippen molar-refractivity contribution in [2.75, 3.05) is 5.32 Å². The van der Waals surface area contributed by atoms with E-state index in [1.807, 2.05) is 37.3 Å². The summed E-state index contributed by atoms with van der Waals surface area (Å²) in [6.45, 7) is 4.27. The summed E-state index contributed by atoms with van der Waals surface area (Å²) in [5.41, 5.74) is 0.961. The number of anilines is 1. The normalized spacial score (nSPS) is 13.1. The summed E-state index contributed by atoms with van der Waals surface area (Å²) in [5.74, 6) is 0. The first-order valence-corrected chi connectivity index (χ1v) is 12.3. The van der Waals surface area contributed by atoms with E-state index in [0.717, 1.165) is 18.5 Å². The molecule has 1 aromatic rings. The quantitative estimate of drug-likeness (QED) is 0.184. The summed E-state index contributed by atoms with van der Waals surface area (Å²) in [6, 6.07) is 9.82. The first-order valence-electron chi connectivity index (χ1n) is 11.9. The molecule has 0 aliphatic carbocycles. The van der Waals surface area contributed by atoms with Gasteiger partial charge in [-0.2, -0.15) is 0 Å². The molecule has 0 heterocycles. The zero-order valence-corrected chi connectivity index (χ0v) is 19.6.